The van der Waals surface area contributed by atoms with Crippen molar-refractivity contribution in [2.45, 2.75) is 39.5 Å². The van der Waals surface area contributed by atoms with Crippen molar-refractivity contribution in [1.82, 2.24) is 0 Å². The molecule has 0 saturated heterocycles. The molecule has 0 saturated carbocycles. The number of rotatable bonds is 8. The monoisotopic (exact) mass is 265 g/mol. The van der Waals surface area contributed by atoms with Crippen LogP contribution in [0.5, 0.6) is 0 Å². The molecule has 1 N–H and O–H groups in total. The molecule has 4 nitrogen and oxygen atoms in total. The summed E-state index contributed by atoms with van der Waals surface area (Å²) in [6, 6.07) is 0. The first kappa shape index (κ1) is 17.0. The first-order chi connectivity index (χ1) is 6.12. The second-order valence-corrected chi connectivity index (χ2v) is 4.30. The van der Waals surface area contributed by atoms with Gasteiger partial charge in [-0.25, -0.2) is 4.57 Å². The van der Waals surface area contributed by atoms with Crippen LogP contribution in [0.15, 0.2) is 0 Å². The van der Waals surface area contributed by atoms with E-state index in [9.17, 15) is 4.57 Å². The van der Waals surface area contributed by atoms with Gasteiger partial charge in [-0.2, -0.15) is 0 Å². The Morgan fingerprint density at radius 3 is 1.71 bits per heavy atom. The standard InChI is InChI=1S/C8H19O4P.Mn/c1-3-5-7-11-13(9,10)12-8-6-4-2;/h3-8H2,1-2H3,(H,9,10);. The van der Waals surface area contributed by atoms with Crippen molar-refractivity contribution in [1.29, 1.82) is 0 Å². The van der Waals surface area contributed by atoms with Crippen LogP contribution in [0.3, 0.4) is 0 Å². The summed E-state index contributed by atoms with van der Waals surface area (Å²) in [5, 5.41) is 0. The topological polar surface area (TPSA) is 55.8 Å². The third-order valence-electron chi connectivity index (χ3n) is 1.50. The second kappa shape index (κ2) is 10.2. The van der Waals surface area contributed by atoms with E-state index in [2.05, 4.69) is 0 Å². The van der Waals surface area contributed by atoms with E-state index < -0.39 is 7.82 Å². The summed E-state index contributed by atoms with van der Waals surface area (Å²) in [5.41, 5.74) is 0. The minimum absolute atomic E-state index is 0. The van der Waals surface area contributed by atoms with Gasteiger partial charge in [0.25, 0.3) is 0 Å². The Bertz CT molecular complexity index is 151. The minimum atomic E-state index is -3.75. The van der Waals surface area contributed by atoms with Crippen LogP contribution in [-0.4, -0.2) is 18.1 Å². The van der Waals surface area contributed by atoms with E-state index in [1.165, 1.54) is 0 Å². The summed E-state index contributed by atoms with van der Waals surface area (Å²) in [5.74, 6) is 0. The van der Waals surface area contributed by atoms with Crippen LogP contribution in [0.4, 0.5) is 0 Å². The summed E-state index contributed by atoms with van der Waals surface area (Å²) >= 11 is 0. The van der Waals surface area contributed by atoms with Gasteiger partial charge in [0.1, 0.15) is 0 Å². The van der Waals surface area contributed by atoms with Gasteiger partial charge in [0.05, 0.1) is 13.2 Å². The number of hydrogen-bond donors (Lipinski definition) is 1. The van der Waals surface area contributed by atoms with Crippen LogP contribution in [0.1, 0.15) is 39.5 Å². The molecular weight excluding hydrogens is 246 g/mol. The molecule has 0 amide bonds. The van der Waals surface area contributed by atoms with Gasteiger partial charge in [-0.05, 0) is 12.8 Å². The molecule has 0 rings (SSSR count). The number of unbranched alkanes of at least 4 members (excludes halogenated alkanes) is 2. The van der Waals surface area contributed by atoms with Gasteiger partial charge >= 0.3 is 7.82 Å². The molecule has 0 heterocycles. The largest absolute Gasteiger partial charge is 0.472 e. The zero-order valence-corrected chi connectivity index (χ0v) is 10.8. The molecule has 0 aliphatic carbocycles. The molecule has 14 heavy (non-hydrogen) atoms. The van der Waals surface area contributed by atoms with Crippen LogP contribution in [0.2, 0.25) is 0 Å². The maximum atomic E-state index is 11.1. The average Bonchev–Trinajstić information content (AvgIpc) is 2.05. The third-order valence-corrected chi connectivity index (χ3v) is 2.52. The van der Waals surface area contributed by atoms with Crippen LogP contribution in [0, 0.1) is 0 Å². The fourth-order valence-corrected chi connectivity index (χ4v) is 1.48. The van der Waals surface area contributed by atoms with E-state index in [1.54, 1.807) is 0 Å². The molecule has 0 aromatic heterocycles. The van der Waals surface area contributed by atoms with Crippen molar-refractivity contribution in [2.24, 2.45) is 0 Å². The first-order valence-electron chi connectivity index (χ1n) is 4.74. The summed E-state index contributed by atoms with van der Waals surface area (Å²) in [6.45, 7) is 4.56. The van der Waals surface area contributed by atoms with E-state index >= 15 is 0 Å². The van der Waals surface area contributed by atoms with Crippen LogP contribution < -0.4 is 0 Å². The van der Waals surface area contributed by atoms with E-state index in [0.29, 0.717) is 0 Å². The van der Waals surface area contributed by atoms with Crippen LogP contribution in [0.25, 0.3) is 0 Å². The number of phosphoric acid groups is 1. The predicted octanol–water partition coefficient (Wildman–Crippen LogP) is 2.72. The fourth-order valence-electron chi connectivity index (χ4n) is 0.686. The SMILES string of the molecule is CCCCOP(=O)(O)OCCCC.[Mn]. The maximum absolute atomic E-state index is 11.1. The molecule has 0 fully saturated rings. The van der Waals surface area contributed by atoms with Gasteiger partial charge in [-0.1, -0.05) is 26.7 Å². The zero-order chi connectivity index (χ0) is 10.2. The third kappa shape index (κ3) is 10.7. The molecule has 1 radical (unpaired) electrons. The van der Waals surface area contributed by atoms with Gasteiger partial charge < -0.3 is 4.89 Å². The average molecular weight is 265 g/mol. The van der Waals surface area contributed by atoms with Gasteiger partial charge in [0.15, 0.2) is 0 Å². The predicted molar refractivity (Wildman–Crippen MR) is 51.5 cm³/mol. The summed E-state index contributed by atoms with van der Waals surface area (Å²) in [6.07, 6.45) is 3.44. The molecule has 0 aromatic rings. The normalized spacial score (nSPS) is 11.1. The van der Waals surface area contributed by atoms with Crippen molar-refractivity contribution in [3.63, 3.8) is 0 Å². The van der Waals surface area contributed by atoms with Crippen molar-refractivity contribution >= 4 is 7.82 Å². The minimum Gasteiger partial charge on any atom is -0.302 e. The van der Waals surface area contributed by atoms with Crippen molar-refractivity contribution in [3.05, 3.63) is 0 Å². The van der Waals surface area contributed by atoms with Crippen molar-refractivity contribution < 1.29 is 35.6 Å². The number of phosphoric ester groups is 1. The molecule has 0 unspecified atom stereocenters. The van der Waals surface area contributed by atoms with E-state index in [-0.39, 0.29) is 30.3 Å². The number of hydrogen-bond acceptors (Lipinski definition) is 3. The molecule has 0 aliphatic heterocycles. The Kier molecular flexibility index (Phi) is 12.4. The van der Waals surface area contributed by atoms with Gasteiger partial charge in [0.2, 0.25) is 0 Å². The van der Waals surface area contributed by atoms with Gasteiger partial charge in [-0.3, -0.25) is 9.05 Å². The Labute approximate surface area is 96.5 Å². The van der Waals surface area contributed by atoms with Crippen molar-refractivity contribution in [2.75, 3.05) is 13.2 Å². The smallest absolute Gasteiger partial charge is 0.302 e. The Morgan fingerprint density at radius 2 is 1.43 bits per heavy atom. The molecular formula is C8H19MnO4P. The van der Waals surface area contributed by atoms with E-state index in [0.717, 1.165) is 25.7 Å². The van der Waals surface area contributed by atoms with Gasteiger partial charge in [-0.15, -0.1) is 0 Å². The molecule has 6 heteroatoms. The molecule has 0 bridgehead atoms. The van der Waals surface area contributed by atoms with Crippen LogP contribution >= 0.6 is 7.82 Å². The van der Waals surface area contributed by atoms with E-state index in [1.807, 2.05) is 13.8 Å². The van der Waals surface area contributed by atoms with Gasteiger partial charge in [0, 0.05) is 17.1 Å². The Hall–Kier alpha value is 0.629. The first-order valence-corrected chi connectivity index (χ1v) is 6.23. The van der Waals surface area contributed by atoms with Crippen LogP contribution in [-0.2, 0) is 30.7 Å². The fraction of sp³-hybridized carbons (Fsp3) is 1.00. The molecule has 0 atom stereocenters. The molecule has 0 spiro atoms. The zero-order valence-electron chi connectivity index (χ0n) is 8.74. The maximum Gasteiger partial charge on any atom is 0.472 e. The summed E-state index contributed by atoms with van der Waals surface area (Å²) < 4.78 is 20.5. The van der Waals surface area contributed by atoms with Crippen molar-refractivity contribution in [3.8, 4) is 0 Å². The second-order valence-electron chi connectivity index (χ2n) is 2.84. The summed E-state index contributed by atoms with van der Waals surface area (Å²) in [7, 11) is -3.75. The quantitative estimate of drug-likeness (QED) is 0.416. The molecule has 0 aromatic carbocycles. The Balaban J connectivity index is 0. The summed E-state index contributed by atoms with van der Waals surface area (Å²) in [4.78, 5) is 9.08. The molecule has 87 valence electrons. The van der Waals surface area contributed by atoms with E-state index in [4.69, 9.17) is 13.9 Å². The Morgan fingerprint density at radius 1 is 1.07 bits per heavy atom. The molecule has 0 aliphatic rings.